The van der Waals surface area contributed by atoms with Crippen molar-refractivity contribution in [2.75, 3.05) is 17.2 Å². The molecule has 0 spiro atoms. The van der Waals surface area contributed by atoms with Gasteiger partial charge in [0.2, 0.25) is 0 Å². The second-order valence-electron chi connectivity index (χ2n) is 6.29. The smallest absolute Gasteiger partial charge is 0.274 e. The maximum atomic E-state index is 12.5. The van der Waals surface area contributed by atoms with Crippen LogP contribution in [-0.2, 0) is 0 Å². The summed E-state index contributed by atoms with van der Waals surface area (Å²) < 4.78 is 0. The molecule has 1 aromatic heterocycles. The summed E-state index contributed by atoms with van der Waals surface area (Å²) in [5.41, 5.74) is 3.36. The molecule has 0 radical (unpaired) electrons. The molecular weight excluding hydrogens is 288 g/mol. The molecule has 0 saturated heterocycles. The summed E-state index contributed by atoms with van der Waals surface area (Å²) in [6.07, 6.45) is 0. The van der Waals surface area contributed by atoms with Gasteiger partial charge in [-0.3, -0.25) is 4.79 Å². The largest absolute Gasteiger partial charge is 0.370 e. The standard InChI is InChI=1S/C18H24N4O/c1-11(2)10-19-17-9-16(20-14(5)21-17)18(23)22-15-7-12(3)6-13(4)8-15/h6-9,11H,10H2,1-5H3,(H,22,23)(H,19,20,21). The number of rotatable bonds is 5. The molecule has 2 N–H and O–H groups in total. The van der Waals surface area contributed by atoms with Crippen LogP contribution in [-0.4, -0.2) is 22.4 Å². The van der Waals surface area contributed by atoms with Crippen LogP contribution in [0.5, 0.6) is 0 Å². The predicted molar refractivity (Wildman–Crippen MR) is 94.0 cm³/mol. The highest BCUT2D eigenvalue weighted by molar-refractivity contribution is 6.03. The Morgan fingerprint density at radius 2 is 1.70 bits per heavy atom. The minimum absolute atomic E-state index is 0.229. The van der Waals surface area contributed by atoms with Crippen molar-refractivity contribution in [1.82, 2.24) is 9.97 Å². The van der Waals surface area contributed by atoms with Gasteiger partial charge in [0.25, 0.3) is 5.91 Å². The van der Waals surface area contributed by atoms with E-state index < -0.39 is 0 Å². The number of nitrogens with one attached hydrogen (secondary N) is 2. The molecule has 0 aliphatic heterocycles. The molecule has 2 aromatic rings. The van der Waals surface area contributed by atoms with Crippen molar-refractivity contribution in [1.29, 1.82) is 0 Å². The lowest BCUT2D eigenvalue weighted by Crippen LogP contribution is -2.17. The third-order valence-corrected chi connectivity index (χ3v) is 3.24. The van der Waals surface area contributed by atoms with Gasteiger partial charge in [-0.2, -0.15) is 0 Å². The minimum Gasteiger partial charge on any atom is -0.370 e. The highest BCUT2D eigenvalue weighted by atomic mass is 16.1. The van der Waals surface area contributed by atoms with Crippen LogP contribution in [0, 0.1) is 26.7 Å². The lowest BCUT2D eigenvalue weighted by atomic mass is 10.1. The van der Waals surface area contributed by atoms with Crippen LogP contribution >= 0.6 is 0 Å². The zero-order valence-electron chi connectivity index (χ0n) is 14.4. The van der Waals surface area contributed by atoms with Crippen LogP contribution in [0.3, 0.4) is 0 Å². The van der Waals surface area contributed by atoms with Crippen LogP contribution < -0.4 is 10.6 Å². The van der Waals surface area contributed by atoms with E-state index >= 15 is 0 Å². The Morgan fingerprint density at radius 1 is 1.04 bits per heavy atom. The molecule has 0 saturated carbocycles. The van der Waals surface area contributed by atoms with E-state index in [0.29, 0.717) is 23.3 Å². The number of nitrogens with zero attached hydrogens (tertiary/aromatic N) is 2. The lowest BCUT2D eigenvalue weighted by Gasteiger charge is -2.11. The first kappa shape index (κ1) is 16.9. The first-order valence-electron chi connectivity index (χ1n) is 7.82. The second kappa shape index (κ2) is 7.22. The first-order chi connectivity index (χ1) is 10.8. The van der Waals surface area contributed by atoms with Crippen LogP contribution in [0.2, 0.25) is 0 Å². The van der Waals surface area contributed by atoms with Crippen molar-refractivity contribution >= 4 is 17.4 Å². The van der Waals surface area contributed by atoms with Gasteiger partial charge in [0.1, 0.15) is 17.3 Å². The SMILES string of the molecule is Cc1cc(C)cc(NC(=O)c2cc(NCC(C)C)nc(C)n2)c1. The molecule has 0 bridgehead atoms. The average Bonchev–Trinajstić information content (AvgIpc) is 2.43. The molecule has 23 heavy (non-hydrogen) atoms. The first-order valence-corrected chi connectivity index (χ1v) is 7.82. The zero-order valence-corrected chi connectivity index (χ0v) is 14.4. The van der Waals surface area contributed by atoms with Gasteiger partial charge in [0.05, 0.1) is 0 Å². The molecule has 122 valence electrons. The fourth-order valence-electron chi connectivity index (χ4n) is 2.33. The number of aryl methyl sites for hydroxylation is 3. The Kier molecular flexibility index (Phi) is 5.32. The molecule has 1 aromatic carbocycles. The molecule has 2 rings (SSSR count). The van der Waals surface area contributed by atoms with Crippen molar-refractivity contribution in [3.63, 3.8) is 0 Å². The van der Waals surface area contributed by atoms with Gasteiger partial charge < -0.3 is 10.6 Å². The van der Waals surface area contributed by atoms with Gasteiger partial charge >= 0.3 is 0 Å². The summed E-state index contributed by atoms with van der Waals surface area (Å²) in [6.45, 7) is 10.8. The van der Waals surface area contributed by atoms with Crippen molar-refractivity contribution in [3.05, 3.63) is 46.9 Å². The van der Waals surface area contributed by atoms with Gasteiger partial charge in [-0.05, 0) is 49.9 Å². The summed E-state index contributed by atoms with van der Waals surface area (Å²) >= 11 is 0. The number of benzene rings is 1. The Labute approximate surface area is 137 Å². The monoisotopic (exact) mass is 312 g/mol. The van der Waals surface area contributed by atoms with Gasteiger partial charge in [-0.15, -0.1) is 0 Å². The molecular formula is C18H24N4O. The molecule has 0 aliphatic rings. The Balaban J connectivity index is 2.18. The molecule has 0 atom stereocenters. The molecule has 1 amide bonds. The lowest BCUT2D eigenvalue weighted by molar-refractivity contribution is 0.102. The fraction of sp³-hybridized carbons (Fsp3) is 0.389. The van der Waals surface area contributed by atoms with Crippen molar-refractivity contribution in [2.24, 2.45) is 5.92 Å². The number of aromatic nitrogens is 2. The Morgan fingerprint density at radius 3 is 2.30 bits per heavy atom. The van der Waals surface area contributed by atoms with E-state index in [2.05, 4.69) is 40.5 Å². The number of carbonyl (C=O) groups is 1. The third-order valence-electron chi connectivity index (χ3n) is 3.24. The van der Waals surface area contributed by atoms with E-state index in [1.54, 1.807) is 13.0 Å². The topological polar surface area (TPSA) is 66.9 Å². The van der Waals surface area contributed by atoms with E-state index in [4.69, 9.17) is 0 Å². The minimum atomic E-state index is -0.229. The van der Waals surface area contributed by atoms with E-state index in [0.717, 1.165) is 23.4 Å². The summed E-state index contributed by atoms with van der Waals surface area (Å²) in [5, 5.41) is 6.13. The normalized spacial score (nSPS) is 10.7. The number of hydrogen-bond acceptors (Lipinski definition) is 4. The Hall–Kier alpha value is -2.43. The van der Waals surface area contributed by atoms with Crippen molar-refractivity contribution in [3.8, 4) is 0 Å². The number of hydrogen-bond donors (Lipinski definition) is 2. The highest BCUT2D eigenvalue weighted by Gasteiger charge is 2.11. The highest BCUT2D eigenvalue weighted by Crippen LogP contribution is 2.15. The number of carbonyl (C=O) groups excluding carboxylic acids is 1. The Bertz CT molecular complexity index is 690. The van der Waals surface area contributed by atoms with Crippen molar-refractivity contribution < 1.29 is 4.79 Å². The number of amides is 1. The van der Waals surface area contributed by atoms with Gasteiger partial charge in [0.15, 0.2) is 0 Å². The van der Waals surface area contributed by atoms with Crippen LogP contribution in [0.4, 0.5) is 11.5 Å². The van der Waals surface area contributed by atoms with Crippen molar-refractivity contribution in [2.45, 2.75) is 34.6 Å². The molecule has 5 nitrogen and oxygen atoms in total. The maximum Gasteiger partial charge on any atom is 0.274 e. The van der Waals surface area contributed by atoms with Crippen LogP contribution in [0.25, 0.3) is 0 Å². The second-order valence-corrected chi connectivity index (χ2v) is 6.29. The van der Waals surface area contributed by atoms with E-state index in [1.165, 1.54) is 0 Å². The number of anilines is 2. The van der Waals surface area contributed by atoms with Gasteiger partial charge in [0, 0.05) is 18.3 Å². The maximum absolute atomic E-state index is 12.5. The summed E-state index contributed by atoms with van der Waals surface area (Å²) in [5.74, 6) is 1.52. The van der Waals surface area contributed by atoms with E-state index in [1.807, 2.05) is 26.0 Å². The van der Waals surface area contributed by atoms with Gasteiger partial charge in [-0.1, -0.05) is 19.9 Å². The van der Waals surface area contributed by atoms with Crippen LogP contribution in [0.15, 0.2) is 24.3 Å². The third kappa shape index (κ3) is 5.06. The summed E-state index contributed by atoms with van der Waals surface area (Å²) in [4.78, 5) is 21.0. The van der Waals surface area contributed by atoms with E-state index in [9.17, 15) is 4.79 Å². The predicted octanol–water partition coefficient (Wildman–Crippen LogP) is 3.72. The molecule has 0 aliphatic carbocycles. The van der Waals surface area contributed by atoms with Gasteiger partial charge in [-0.25, -0.2) is 9.97 Å². The molecule has 0 fully saturated rings. The summed E-state index contributed by atoms with van der Waals surface area (Å²) in [7, 11) is 0. The summed E-state index contributed by atoms with van der Waals surface area (Å²) in [6, 6.07) is 7.64. The average molecular weight is 312 g/mol. The van der Waals surface area contributed by atoms with Crippen LogP contribution in [0.1, 0.15) is 41.3 Å². The quantitative estimate of drug-likeness (QED) is 0.883. The molecule has 5 heteroatoms. The molecule has 0 unspecified atom stereocenters. The van der Waals surface area contributed by atoms with E-state index in [-0.39, 0.29) is 5.91 Å². The fourth-order valence-corrected chi connectivity index (χ4v) is 2.33. The molecule has 1 heterocycles. The zero-order chi connectivity index (χ0) is 17.0.